The lowest BCUT2D eigenvalue weighted by Crippen LogP contribution is -2.04. The topological polar surface area (TPSA) is 46.5 Å². The molecule has 0 aliphatic heterocycles. The van der Waals surface area contributed by atoms with Crippen LogP contribution in [0.2, 0.25) is 0 Å². The lowest BCUT2D eigenvalue weighted by molar-refractivity contribution is 0.0696. The van der Waals surface area contributed by atoms with Gasteiger partial charge in [0.25, 0.3) is 0 Å². The second kappa shape index (κ2) is 4.06. The van der Waals surface area contributed by atoms with Crippen LogP contribution in [0.5, 0.6) is 5.75 Å². The zero-order valence-corrected chi connectivity index (χ0v) is 9.69. The van der Waals surface area contributed by atoms with Crippen LogP contribution in [-0.2, 0) is 0 Å². The van der Waals surface area contributed by atoms with Gasteiger partial charge in [0.2, 0.25) is 0 Å². The molecule has 2 saturated carbocycles. The summed E-state index contributed by atoms with van der Waals surface area (Å²) in [5.74, 6) is 1.19. The van der Waals surface area contributed by atoms with Crippen LogP contribution in [-0.4, -0.2) is 17.7 Å². The highest BCUT2D eigenvalue weighted by Gasteiger charge is 2.28. The van der Waals surface area contributed by atoms with E-state index in [2.05, 4.69) is 0 Å². The number of hydrogen-bond donors (Lipinski definition) is 1. The van der Waals surface area contributed by atoms with Crippen LogP contribution in [0.3, 0.4) is 0 Å². The van der Waals surface area contributed by atoms with Crippen LogP contribution in [0, 0.1) is 5.92 Å². The van der Waals surface area contributed by atoms with E-state index in [0.29, 0.717) is 17.4 Å². The van der Waals surface area contributed by atoms with E-state index in [9.17, 15) is 4.79 Å². The van der Waals surface area contributed by atoms with E-state index >= 15 is 0 Å². The van der Waals surface area contributed by atoms with Crippen molar-refractivity contribution in [3.05, 3.63) is 29.3 Å². The van der Waals surface area contributed by atoms with Gasteiger partial charge in [0.05, 0.1) is 12.2 Å². The number of ether oxygens (including phenoxy) is 1. The van der Waals surface area contributed by atoms with E-state index in [1.165, 1.54) is 31.2 Å². The second-order valence-electron chi connectivity index (χ2n) is 5.09. The molecule has 0 atom stereocenters. The fourth-order valence-electron chi connectivity index (χ4n) is 2.02. The van der Waals surface area contributed by atoms with Crippen molar-refractivity contribution < 1.29 is 14.6 Å². The summed E-state index contributed by atoms with van der Waals surface area (Å²) in [5, 5.41) is 8.99. The predicted octanol–water partition coefficient (Wildman–Crippen LogP) is 3.05. The summed E-state index contributed by atoms with van der Waals surface area (Å²) < 4.78 is 5.79. The Morgan fingerprint density at radius 1 is 1.29 bits per heavy atom. The molecule has 90 valence electrons. The number of carboxylic acids is 1. The Morgan fingerprint density at radius 3 is 2.65 bits per heavy atom. The summed E-state index contributed by atoms with van der Waals surface area (Å²) in [5.41, 5.74) is 1.51. The van der Waals surface area contributed by atoms with E-state index in [4.69, 9.17) is 9.84 Å². The SMILES string of the molecule is O=C(O)c1ccc(C2CC2)c(OCC2CC2)c1. The first kappa shape index (κ1) is 10.6. The molecule has 0 bridgehead atoms. The van der Waals surface area contributed by atoms with Crippen LogP contribution in [0.25, 0.3) is 0 Å². The molecule has 1 aromatic rings. The van der Waals surface area contributed by atoms with Crippen LogP contribution in [0.1, 0.15) is 47.5 Å². The summed E-state index contributed by atoms with van der Waals surface area (Å²) in [4.78, 5) is 10.9. The highest BCUT2D eigenvalue weighted by Crippen LogP contribution is 2.45. The first-order chi connectivity index (χ1) is 8.24. The molecular weight excluding hydrogens is 216 g/mol. The first-order valence-electron chi connectivity index (χ1n) is 6.24. The van der Waals surface area contributed by atoms with E-state index in [0.717, 1.165) is 12.4 Å². The Labute approximate surface area is 100 Å². The van der Waals surface area contributed by atoms with Gasteiger partial charge in [-0.15, -0.1) is 0 Å². The monoisotopic (exact) mass is 232 g/mol. The van der Waals surface area contributed by atoms with Crippen molar-refractivity contribution in [2.75, 3.05) is 6.61 Å². The molecule has 0 aromatic heterocycles. The third-order valence-electron chi connectivity index (χ3n) is 3.45. The van der Waals surface area contributed by atoms with Gasteiger partial charge in [-0.3, -0.25) is 0 Å². The van der Waals surface area contributed by atoms with Gasteiger partial charge < -0.3 is 9.84 Å². The standard InChI is InChI=1S/C14H16O3/c15-14(16)11-5-6-12(10-3-4-10)13(7-11)17-8-9-1-2-9/h5-7,9-10H,1-4,8H2,(H,15,16). The molecule has 0 saturated heterocycles. The number of aromatic carboxylic acids is 1. The van der Waals surface area contributed by atoms with Crippen LogP contribution < -0.4 is 4.74 Å². The van der Waals surface area contributed by atoms with Crippen molar-refractivity contribution in [3.8, 4) is 5.75 Å². The van der Waals surface area contributed by atoms with E-state index < -0.39 is 5.97 Å². The van der Waals surface area contributed by atoms with Crippen molar-refractivity contribution in [3.63, 3.8) is 0 Å². The molecule has 3 rings (SSSR count). The van der Waals surface area contributed by atoms with Gasteiger partial charge in [0.1, 0.15) is 5.75 Å². The zero-order valence-electron chi connectivity index (χ0n) is 9.69. The van der Waals surface area contributed by atoms with Gasteiger partial charge in [0, 0.05) is 0 Å². The summed E-state index contributed by atoms with van der Waals surface area (Å²) in [6.45, 7) is 0.739. The maximum absolute atomic E-state index is 10.9. The van der Waals surface area contributed by atoms with Gasteiger partial charge in [-0.05, 0) is 55.2 Å². The molecule has 0 unspecified atom stereocenters. The molecule has 17 heavy (non-hydrogen) atoms. The summed E-state index contributed by atoms with van der Waals surface area (Å²) in [7, 11) is 0. The third kappa shape index (κ3) is 2.43. The van der Waals surface area contributed by atoms with Crippen LogP contribution >= 0.6 is 0 Å². The molecule has 3 heteroatoms. The average molecular weight is 232 g/mol. The number of benzene rings is 1. The highest BCUT2D eigenvalue weighted by atomic mass is 16.5. The molecule has 2 aliphatic carbocycles. The summed E-state index contributed by atoms with van der Waals surface area (Å²) >= 11 is 0. The van der Waals surface area contributed by atoms with Crippen molar-refractivity contribution in [2.24, 2.45) is 5.92 Å². The molecule has 0 heterocycles. The lowest BCUT2D eigenvalue weighted by atomic mass is 10.1. The maximum atomic E-state index is 10.9. The van der Waals surface area contributed by atoms with Crippen LogP contribution in [0.15, 0.2) is 18.2 Å². The largest absolute Gasteiger partial charge is 0.493 e. The van der Waals surface area contributed by atoms with Gasteiger partial charge in [0.15, 0.2) is 0 Å². The number of carbonyl (C=O) groups is 1. The van der Waals surface area contributed by atoms with Crippen LogP contribution in [0.4, 0.5) is 0 Å². The van der Waals surface area contributed by atoms with Gasteiger partial charge in [-0.2, -0.15) is 0 Å². The molecule has 3 nitrogen and oxygen atoms in total. The number of hydrogen-bond acceptors (Lipinski definition) is 2. The predicted molar refractivity (Wildman–Crippen MR) is 63.6 cm³/mol. The minimum atomic E-state index is -0.886. The van der Waals surface area contributed by atoms with Crippen molar-refractivity contribution in [1.29, 1.82) is 0 Å². The minimum absolute atomic E-state index is 0.320. The Kier molecular flexibility index (Phi) is 2.54. The zero-order chi connectivity index (χ0) is 11.8. The Morgan fingerprint density at radius 2 is 2.06 bits per heavy atom. The van der Waals surface area contributed by atoms with E-state index in [1.807, 2.05) is 6.07 Å². The van der Waals surface area contributed by atoms with Crippen molar-refractivity contribution in [1.82, 2.24) is 0 Å². The molecule has 2 aliphatic rings. The fraction of sp³-hybridized carbons (Fsp3) is 0.500. The molecule has 0 amide bonds. The second-order valence-corrected chi connectivity index (χ2v) is 5.09. The number of rotatable bonds is 5. The quantitative estimate of drug-likeness (QED) is 0.848. The number of carboxylic acid groups (broad SMARTS) is 1. The van der Waals surface area contributed by atoms with Gasteiger partial charge in [-0.25, -0.2) is 4.79 Å². The van der Waals surface area contributed by atoms with E-state index in [1.54, 1.807) is 12.1 Å². The summed E-state index contributed by atoms with van der Waals surface area (Å²) in [6, 6.07) is 5.28. The molecule has 0 radical (unpaired) electrons. The lowest BCUT2D eigenvalue weighted by Gasteiger charge is -2.11. The normalized spacial score (nSPS) is 19.1. The van der Waals surface area contributed by atoms with E-state index in [-0.39, 0.29) is 0 Å². The molecule has 0 spiro atoms. The van der Waals surface area contributed by atoms with Gasteiger partial charge in [-0.1, -0.05) is 6.07 Å². The minimum Gasteiger partial charge on any atom is -0.493 e. The molecular formula is C14H16O3. The third-order valence-corrected chi connectivity index (χ3v) is 3.45. The van der Waals surface area contributed by atoms with Crippen molar-refractivity contribution >= 4 is 5.97 Å². The first-order valence-corrected chi connectivity index (χ1v) is 6.24. The smallest absolute Gasteiger partial charge is 0.335 e. The van der Waals surface area contributed by atoms with Crippen molar-refractivity contribution in [2.45, 2.75) is 31.6 Å². The fourth-order valence-corrected chi connectivity index (χ4v) is 2.02. The highest BCUT2D eigenvalue weighted by molar-refractivity contribution is 5.88. The Bertz CT molecular complexity index is 445. The molecule has 1 aromatic carbocycles. The Balaban J connectivity index is 1.83. The maximum Gasteiger partial charge on any atom is 0.335 e. The average Bonchev–Trinajstić information content (AvgIpc) is 3.16. The van der Waals surface area contributed by atoms with Gasteiger partial charge >= 0.3 is 5.97 Å². The molecule has 1 N–H and O–H groups in total. The summed E-state index contributed by atoms with van der Waals surface area (Å²) in [6.07, 6.45) is 4.90. The Hall–Kier alpha value is -1.51. The molecule has 2 fully saturated rings.